The molecular weight excluding hydrogens is 372 g/mol. The molecule has 0 fully saturated rings. The molecule has 4 aromatic rings. The number of carbonyl (C=O) groups excluding carboxylic acids is 1. The van der Waals surface area contributed by atoms with Crippen molar-refractivity contribution in [3.8, 4) is 11.4 Å². The third-order valence-electron chi connectivity index (χ3n) is 4.57. The number of amides is 1. The lowest BCUT2D eigenvalue weighted by Gasteiger charge is -2.23. The first-order chi connectivity index (χ1) is 12.6. The van der Waals surface area contributed by atoms with Crippen LogP contribution in [-0.2, 0) is 11.8 Å². The molecule has 0 aromatic carbocycles. The first kappa shape index (κ1) is 15.5. The summed E-state index contributed by atoms with van der Waals surface area (Å²) in [5.41, 5.74) is 3.23. The van der Waals surface area contributed by atoms with E-state index >= 15 is 0 Å². The normalized spacial score (nSPS) is 16.7. The van der Waals surface area contributed by atoms with E-state index in [1.807, 2.05) is 41.2 Å². The maximum atomic E-state index is 12.4. The van der Waals surface area contributed by atoms with Crippen LogP contribution in [0.1, 0.15) is 23.6 Å². The Bertz CT molecular complexity index is 1150. The SMILES string of the molecule is Cn1nc(-c2ccccn2)c2c1NC(=O)CC2c1c(Cl)nc2sccn12. The highest BCUT2D eigenvalue weighted by molar-refractivity contribution is 7.15. The van der Waals surface area contributed by atoms with E-state index in [0.29, 0.717) is 11.0 Å². The lowest BCUT2D eigenvalue weighted by Crippen LogP contribution is -2.25. The van der Waals surface area contributed by atoms with Crippen molar-refractivity contribution in [2.45, 2.75) is 12.3 Å². The minimum atomic E-state index is -0.249. The molecule has 0 spiro atoms. The Morgan fingerprint density at radius 1 is 1.38 bits per heavy atom. The number of imidazole rings is 1. The average molecular weight is 385 g/mol. The number of aromatic nitrogens is 5. The fraction of sp³-hybridized carbons (Fsp3) is 0.176. The third kappa shape index (κ3) is 2.19. The number of aryl methyl sites for hydroxylation is 1. The van der Waals surface area contributed by atoms with Crippen molar-refractivity contribution in [2.75, 3.05) is 5.32 Å². The average Bonchev–Trinajstić information content (AvgIpc) is 3.29. The summed E-state index contributed by atoms with van der Waals surface area (Å²) in [4.78, 5) is 22.0. The molecule has 1 N–H and O–H groups in total. The first-order valence-electron chi connectivity index (χ1n) is 8.02. The predicted octanol–water partition coefficient (Wildman–Crippen LogP) is 3.32. The maximum absolute atomic E-state index is 12.4. The van der Waals surface area contributed by atoms with Crippen LogP contribution >= 0.6 is 22.9 Å². The number of rotatable bonds is 2. The minimum Gasteiger partial charge on any atom is -0.311 e. The Morgan fingerprint density at radius 2 is 2.27 bits per heavy atom. The van der Waals surface area contributed by atoms with Crippen LogP contribution < -0.4 is 5.32 Å². The van der Waals surface area contributed by atoms with Crippen molar-refractivity contribution in [3.05, 3.63) is 52.4 Å². The highest BCUT2D eigenvalue weighted by atomic mass is 35.5. The number of nitrogens with zero attached hydrogens (tertiary/aromatic N) is 5. The van der Waals surface area contributed by atoms with E-state index in [-0.39, 0.29) is 18.2 Å². The Morgan fingerprint density at radius 3 is 3.08 bits per heavy atom. The number of anilines is 1. The molecule has 130 valence electrons. The Hall–Kier alpha value is -2.71. The Balaban J connectivity index is 1.79. The smallest absolute Gasteiger partial charge is 0.226 e. The van der Waals surface area contributed by atoms with Gasteiger partial charge < -0.3 is 5.32 Å². The number of fused-ring (bicyclic) bond motifs is 2. The summed E-state index contributed by atoms with van der Waals surface area (Å²) in [6.45, 7) is 0. The second-order valence-corrected chi connectivity index (χ2v) is 7.33. The summed E-state index contributed by atoms with van der Waals surface area (Å²) in [5, 5.41) is 9.93. The lowest BCUT2D eigenvalue weighted by atomic mass is 9.88. The van der Waals surface area contributed by atoms with E-state index < -0.39 is 0 Å². The highest BCUT2D eigenvalue weighted by Crippen LogP contribution is 2.44. The number of carbonyl (C=O) groups is 1. The number of nitrogens with one attached hydrogen (secondary N) is 1. The molecular formula is C17H13ClN6OS. The second-order valence-electron chi connectivity index (χ2n) is 6.10. The largest absolute Gasteiger partial charge is 0.311 e. The van der Waals surface area contributed by atoms with Crippen molar-refractivity contribution in [2.24, 2.45) is 7.05 Å². The molecule has 5 rings (SSSR count). The Labute approximate surface area is 157 Å². The monoisotopic (exact) mass is 384 g/mol. The van der Waals surface area contributed by atoms with Crippen molar-refractivity contribution >= 4 is 39.6 Å². The maximum Gasteiger partial charge on any atom is 0.226 e. The fourth-order valence-corrected chi connectivity index (χ4v) is 4.58. The number of hydrogen-bond donors (Lipinski definition) is 1. The summed E-state index contributed by atoms with van der Waals surface area (Å²) in [7, 11) is 1.81. The molecule has 0 bridgehead atoms. The fourth-order valence-electron chi connectivity index (χ4n) is 3.50. The van der Waals surface area contributed by atoms with Crippen LogP contribution in [0, 0.1) is 0 Å². The number of thiazole rings is 1. The third-order valence-corrected chi connectivity index (χ3v) is 5.61. The topological polar surface area (TPSA) is 77.1 Å². The van der Waals surface area contributed by atoms with E-state index in [4.69, 9.17) is 11.6 Å². The molecule has 9 heteroatoms. The van der Waals surface area contributed by atoms with Gasteiger partial charge in [-0.25, -0.2) is 4.98 Å². The first-order valence-corrected chi connectivity index (χ1v) is 9.28. The summed E-state index contributed by atoms with van der Waals surface area (Å²) in [6, 6.07) is 5.69. The van der Waals surface area contributed by atoms with E-state index in [2.05, 4.69) is 20.4 Å². The molecule has 5 heterocycles. The lowest BCUT2D eigenvalue weighted by molar-refractivity contribution is -0.116. The summed E-state index contributed by atoms with van der Waals surface area (Å²) in [6.07, 6.45) is 3.94. The molecule has 4 aromatic heterocycles. The number of hydrogen-bond acceptors (Lipinski definition) is 5. The van der Waals surface area contributed by atoms with Crippen LogP contribution in [0.3, 0.4) is 0 Å². The second kappa shape index (κ2) is 5.65. The molecule has 0 radical (unpaired) electrons. The molecule has 0 aliphatic carbocycles. The molecule has 0 saturated heterocycles. The van der Waals surface area contributed by atoms with Crippen LogP contribution in [-0.4, -0.2) is 30.1 Å². The Kier molecular flexibility index (Phi) is 3.38. The van der Waals surface area contributed by atoms with Crippen molar-refractivity contribution in [1.29, 1.82) is 0 Å². The summed E-state index contributed by atoms with van der Waals surface area (Å²) in [5.74, 6) is 0.356. The molecule has 1 unspecified atom stereocenters. The molecule has 1 amide bonds. The zero-order valence-electron chi connectivity index (χ0n) is 13.7. The summed E-state index contributed by atoms with van der Waals surface area (Å²) >= 11 is 7.97. The van der Waals surface area contributed by atoms with E-state index in [1.54, 1.807) is 10.9 Å². The number of pyridine rings is 1. The van der Waals surface area contributed by atoms with Crippen LogP contribution in [0.2, 0.25) is 5.15 Å². The predicted molar refractivity (Wildman–Crippen MR) is 99.6 cm³/mol. The van der Waals surface area contributed by atoms with Crippen LogP contribution in [0.15, 0.2) is 36.0 Å². The van der Waals surface area contributed by atoms with Crippen LogP contribution in [0.4, 0.5) is 5.82 Å². The molecule has 26 heavy (non-hydrogen) atoms. The molecule has 1 aliphatic heterocycles. The van der Waals surface area contributed by atoms with Gasteiger partial charge in [0.05, 0.1) is 11.4 Å². The van der Waals surface area contributed by atoms with Gasteiger partial charge in [-0.3, -0.25) is 18.9 Å². The van der Waals surface area contributed by atoms with Crippen molar-refractivity contribution < 1.29 is 4.79 Å². The highest BCUT2D eigenvalue weighted by Gasteiger charge is 2.36. The van der Waals surface area contributed by atoms with Gasteiger partial charge in [0.1, 0.15) is 11.5 Å². The van der Waals surface area contributed by atoms with Gasteiger partial charge in [0, 0.05) is 42.7 Å². The zero-order chi connectivity index (χ0) is 17.8. The van der Waals surface area contributed by atoms with Crippen molar-refractivity contribution in [3.63, 3.8) is 0 Å². The van der Waals surface area contributed by atoms with E-state index in [1.165, 1.54) is 11.3 Å². The molecule has 0 saturated carbocycles. The van der Waals surface area contributed by atoms with Gasteiger partial charge in [-0.2, -0.15) is 5.10 Å². The zero-order valence-corrected chi connectivity index (χ0v) is 15.3. The standard InChI is InChI=1S/C17H13ClN6OS/c1-23-16-12(13(22-23)10-4-2-3-5-19-10)9(8-11(25)20-16)14-15(18)21-17-24(14)6-7-26-17/h2-7,9H,8H2,1H3,(H,20,25). The van der Waals surface area contributed by atoms with Gasteiger partial charge >= 0.3 is 0 Å². The van der Waals surface area contributed by atoms with Gasteiger partial charge in [-0.1, -0.05) is 17.7 Å². The van der Waals surface area contributed by atoms with Gasteiger partial charge in [-0.15, -0.1) is 11.3 Å². The summed E-state index contributed by atoms with van der Waals surface area (Å²) < 4.78 is 3.64. The molecule has 1 atom stereocenters. The van der Waals surface area contributed by atoms with E-state index in [9.17, 15) is 4.79 Å². The van der Waals surface area contributed by atoms with Crippen LogP contribution in [0.5, 0.6) is 0 Å². The minimum absolute atomic E-state index is 0.0701. The number of halogens is 1. The molecule has 7 nitrogen and oxygen atoms in total. The van der Waals surface area contributed by atoms with Gasteiger partial charge in [0.15, 0.2) is 10.1 Å². The van der Waals surface area contributed by atoms with Crippen molar-refractivity contribution in [1.82, 2.24) is 24.1 Å². The quantitative estimate of drug-likeness (QED) is 0.575. The van der Waals surface area contributed by atoms with Gasteiger partial charge in [0.2, 0.25) is 5.91 Å². The van der Waals surface area contributed by atoms with Gasteiger partial charge in [0.25, 0.3) is 0 Å². The van der Waals surface area contributed by atoms with Crippen LogP contribution in [0.25, 0.3) is 16.3 Å². The van der Waals surface area contributed by atoms with E-state index in [0.717, 1.165) is 27.6 Å². The van der Waals surface area contributed by atoms with Gasteiger partial charge in [-0.05, 0) is 12.1 Å². The molecule has 1 aliphatic rings.